The molecule has 2 aliphatic rings. The van der Waals surface area contributed by atoms with E-state index >= 15 is 0 Å². The van der Waals surface area contributed by atoms with Gasteiger partial charge in [-0.25, -0.2) is 0 Å². The lowest BCUT2D eigenvalue weighted by molar-refractivity contribution is -0.119. The number of benzene rings is 1. The molecule has 1 amide bonds. The van der Waals surface area contributed by atoms with Crippen molar-refractivity contribution in [1.82, 2.24) is 5.32 Å². The van der Waals surface area contributed by atoms with Gasteiger partial charge < -0.3 is 15.1 Å². The average Bonchev–Trinajstić information content (AvgIpc) is 2.38. The Morgan fingerprint density at radius 2 is 2.16 bits per heavy atom. The summed E-state index contributed by atoms with van der Waals surface area (Å²) in [6.07, 6.45) is 0. The number of carbonyl (C=O) groups excluding carboxylic acids is 1. The molecule has 0 spiro atoms. The lowest BCUT2D eigenvalue weighted by Gasteiger charge is -2.45. The summed E-state index contributed by atoms with van der Waals surface area (Å²) in [7, 11) is 2.13. The molecular weight excluding hydrogens is 238 g/mol. The van der Waals surface area contributed by atoms with Crippen LogP contribution in [0, 0.1) is 0 Å². The zero-order valence-corrected chi connectivity index (χ0v) is 11.8. The van der Waals surface area contributed by atoms with Gasteiger partial charge in [0.25, 0.3) is 0 Å². The fraction of sp³-hybridized carbons (Fsp3) is 0.533. The summed E-state index contributed by atoms with van der Waals surface area (Å²) >= 11 is 0. The molecule has 0 bridgehead atoms. The van der Waals surface area contributed by atoms with Gasteiger partial charge in [0.05, 0.1) is 24.0 Å². The highest BCUT2D eigenvalue weighted by Crippen LogP contribution is 2.40. The highest BCUT2D eigenvalue weighted by molar-refractivity contribution is 6.01. The average molecular weight is 259 g/mol. The van der Waals surface area contributed by atoms with Crippen molar-refractivity contribution in [3.63, 3.8) is 0 Å². The van der Waals surface area contributed by atoms with E-state index in [2.05, 4.69) is 49.3 Å². The van der Waals surface area contributed by atoms with Crippen LogP contribution in [0.25, 0.3) is 0 Å². The molecule has 1 atom stereocenters. The van der Waals surface area contributed by atoms with E-state index in [-0.39, 0.29) is 11.9 Å². The van der Waals surface area contributed by atoms with E-state index in [1.165, 1.54) is 11.3 Å². The lowest BCUT2D eigenvalue weighted by atomic mass is 9.95. The van der Waals surface area contributed by atoms with Gasteiger partial charge in [0.2, 0.25) is 5.91 Å². The van der Waals surface area contributed by atoms with Crippen LogP contribution >= 0.6 is 0 Å². The van der Waals surface area contributed by atoms with Gasteiger partial charge in [0.15, 0.2) is 0 Å². The normalized spacial score (nSPS) is 22.5. The van der Waals surface area contributed by atoms with E-state index in [0.717, 1.165) is 18.8 Å². The van der Waals surface area contributed by atoms with Crippen LogP contribution in [-0.2, 0) is 4.79 Å². The highest BCUT2D eigenvalue weighted by Gasteiger charge is 2.36. The number of rotatable bonds is 1. The topological polar surface area (TPSA) is 35.6 Å². The van der Waals surface area contributed by atoms with Gasteiger partial charge in [-0.1, -0.05) is 26.0 Å². The third-order valence-electron chi connectivity index (χ3n) is 4.08. The van der Waals surface area contributed by atoms with Crippen molar-refractivity contribution < 1.29 is 4.79 Å². The molecule has 0 radical (unpaired) electrons. The van der Waals surface area contributed by atoms with Gasteiger partial charge in [-0.05, 0) is 17.5 Å². The minimum Gasteiger partial charge on any atom is -0.371 e. The maximum atomic E-state index is 12.2. The van der Waals surface area contributed by atoms with Crippen LogP contribution in [0.3, 0.4) is 0 Å². The first-order chi connectivity index (χ1) is 9.09. The smallest absolute Gasteiger partial charge is 0.241 e. The minimum atomic E-state index is 0.187. The standard InChI is InChI=1S/C15H21N3O/c1-10(2)12-5-4-6-13-15(12)17(3)9-11-7-16-8-14(19)18(11)13/h4-6,10-11,16H,7-9H2,1-3H3. The minimum absolute atomic E-state index is 0.187. The van der Waals surface area contributed by atoms with Gasteiger partial charge in [0, 0.05) is 20.1 Å². The molecule has 3 rings (SSSR count). The highest BCUT2D eigenvalue weighted by atomic mass is 16.2. The first-order valence-electron chi connectivity index (χ1n) is 6.96. The predicted octanol–water partition coefficient (Wildman–Crippen LogP) is 1.56. The van der Waals surface area contributed by atoms with Crippen molar-refractivity contribution in [3.05, 3.63) is 23.8 Å². The Morgan fingerprint density at radius 3 is 2.89 bits per heavy atom. The molecule has 1 N–H and O–H groups in total. The van der Waals surface area contributed by atoms with Crippen molar-refractivity contribution >= 4 is 17.3 Å². The molecule has 19 heavy (non-hydrogen) atoms. The van der Waals surface area contributed by atoms with Gasteiger partial charge in [-0.3, -0.25) is 4.79 Å². The Balaban J connectivity index is 2.14. The van der Waals surface area contributed by atoms with E-state index in [1.807, 2.05) is 4.90 Å². The number of hydrogen-bond acceptors (Lipinski definition) is 3. The lowest BCUT2D eigenvalue weighted by Crippen LogP contribution is -2.61. The summed E-state index contributed by atoms with van der Waals surface area (Å²) in [5, 5.41) is 3.20. The molecule has 0 saturated carbocycles. The van der Waals surface area contributed by atoms with Crippen LogP contribution in [0.4, 0.5) is 11.4 Å². The van der Waals surface area contributed by atoms with Crippen LogP contribution in [0.5, 0.6) is 0 Å². The summed E-state index contributed by atoms with van der Waals surface area (Å²) in [5.41, 5.74) is 3.63. The number of piperazine rings is 1. The molecule has 1 aromatic rings. The first-order valence-corrected chi connectivity index (χ1v) is 6.96. The molecule has 4 nitrogen and oxygen atoms in total. The number of para-hydroxylation sites is 1. The summed E-state index contributed by atoms with van der Waals surface area (Å²) in [4.78, 5) is 16.5. The molecular formula is C15H21N3O. The Morgan fingerprint density at radius 1 is 1.37 bits per heavy atom. The zero-order valence-electron chi connectivity index (χ0n) is 11.8. The first kappa shape index (κ1) is 12.5. The third kappa shape index (κ3) is 1.91. The Kier molecular flexibility index (Phi) is 2.97. The monoisotopic (exact) mass is 259 g/mol. The molecule has 102 valence electrons. The molecule has 4 heteroatoms. The molecule has 0 aromatic heterocycles. The number of nitrogens with one attached hydrogen (secondary N) is 1. The number of carbonyl (C=O) groups is 1. The second-order valence-corrected chi connectivity index (χ2v) is 5.80. The van der Waals surface area contributed by atoms with E-state index in [1.54, 1.807) is 0 Å². The van der Waals surface area contributed by atoms with Gasteiger partial charge in [-0.15, -0.1) is 0 Å². The number of anilines is 2. The second kappa shape index (κ2) is 4.53. The van der Waals surface area contributed by atoms with Crippen molar-refractivity contribution in [3.8, 4) is 0 Å². The third-order valence-corrected chi connectivity index (χ3v) is 4.08. The molecule has 2 heterocycles. The molecule has 1 fully saturated rings. The number of likely N-dealkylation sites (N-methyl/N-ethyl adjacent to an activating group) is 1. The quantitative estimate of drug-likeness (QED) is 0.831. The van der Waals surface area contributed by atoms with Gasteiger partial charge in [-0.2, -0.15) is 0 Å². The molecule has 1 aromatic carbocycles. The Bertz CT molecular complexity index is 512. The van der Waals surface area contributed by atoms with E-state index in [9.17, 15) is 4.79 Å². The van der Waals surface area contributed by atoms with Crippen LogP contribution in [0.2, 0.25) is 0 Å². The summed E-state index contributed by atoms with van der Waals surface area (Å²) in [5.74, 6) is 0.651. The van der Waals surface area contributed by atoms with Crippen molar-refractivity contribution in [2.24, 2.45) is 0 Å². The number of hydrogen-bond donors (Lipinski definition) is 1. The second-order valence-electron chi connectivity index (χ2n) is 5.80. The van der Waals surface area contributed by atoms with E-state index in [4.69, 9.17) is 0 Å². The predicted molar refractivity (Wildman–Crippen MR) is 77.9 cm³/mol. The van der Waals surface area contributed by atoms with Crippen molar-refractivity contribution in [1.29, 1.82) is 0 Å². The SMILES string of the molecule is CC(C)c1cccc2c1N(C)CC1CNCC(=O)N21. The zero-order chi connectivity index (χ0) is 13.6. The van der Waals surface area contributed by atoms with E-state index < -0.39 is 0 Å². The number of amides is 1. The maximum Gasteiger partial charge on any atom is 0.241 e. The fourth-order valence-electron chi connectivity index (χ4n) is 3.24. The van der Waals surface area contributed by atoms with Crippen LogP contribution in [-0.4, -0.2) is 38.6 Å². The van der Waals surface area contributed by atoms with Crippen LogP contribution < -0.4 is 15.1 Å². The van der Waals surface area contributed by atoms with Gasteiger partial charge in [0.1, 0.15) is 0 Å². The molecule has 1 saturated heterocycles. The number of fused-ring (bicyclic) bond motifs is 3. The van der Waals surface area contributed by atoms with Gasteiger partial charge >= 0.3 is 0 Å². The molecule has 2 aliphatic heterocycles. The Labute approximate surface area is 114 Å². The largest absolute Gasteiger partial charge is 0.371 e. The Hall–Kier alpha value is -1.55. The van der Waals surface area contributed by atoms with Crippen molar-refractivity contribution in [2.75, 3.05) is 36.5 Å². The summed E-state index contributed by atoms with van der Waals surface area (Å²) in [6, 6.07) is 6.57. The van der Waals surface area contributed by atoms with Crippen LogP contribution in [0.15, 0.2) is 18.2 Å². The summed E-state index contributed by atoms with van der Waals surface area (Å²) in [6.45, 7) is 6.63. The van der Waals surface area contributed by atoms with Crippen molar-refractivity contribution in [2.45, 2.75) is 25.8 Å². The van der Waals surface area contributed by atoms with E-state index in [0.29, 0.717) is 12.5 Å². The maximum absolute atomic E-state index is 12.2. The molecule has 1 unspecified atom stereocenters. The van der Waals surface area contributed by atoms with Crippen LogP contribution in [0.1, 0.15) is 25.3 Å². The number of nitrogens with zero attached hydrogens (tertiary/aromatic N) is 2. The molecule has 0 aliphatic carbocycles. The fourth-order valence-corrected chi connectivity index (χ4v) is 3.24. The summed E-state index contributed by atoms with van der Waals surface area (Å²) < 4.78 is 0.